The average Bonchev–Trinajstić information content (AvgIpc) is 2.71. The van der Waals surface area contributed by atoms with Gasteiger partial charge in [-0.25, -0.2) is 4.79 Å². The summed E-state index contributed by atoms with van der Waals surface area (Å²) in [7, 11) is 1.29. The molecule has 2 atom stereocenters. The topological polar surface area (TPSA) is 88.0 Å². The second-order valence-electron chi connectivity index (χ2n) is 7.07. The van der Waals surface area contributed by atoms with E-state index in [0.717, 1.165) is 10.0 Å². The quantitative estimate of drug-likeness (QED) is 0.387. The number of ether oxygens (including phenoxy) is 1. The number of rotatable bonds is 8. The number of carbonyl (C=O) groups excluding carboxylic acids is 2. The molecule has 0 fully saturated rings. The lowest BCUT2D eigenvalue weighted by Crippen LogP contribution is -2.48. The van der Waals surface area contributed by atoms with E-state index < -0.39 is 18.1 Å². The number of methoxy groups -OCH3 is 1. The van der Waals surface area contributed by atoms with Crippen LogP contribution >= 0.6 is 31.9 Å². The number of benzene rings is 2. The first-order valence-electron chi connectivity index (χ1n) is 9.36. The van der Waals surface area contributed by atoms with Gasteiger partial charge < -0.3 is 15.2 Å². The third kappa shape index (κ3) is 6.67. The minimum Gasteiger partial charge on any atom is -0.506 e. The maximum Gasteiger partial charge on any atom is 0.328 e. The molecular weight excluding hydrogens is 516 g/mol. The van der Waals surface area contributed by atoms with Crippen molar-refractivity contribution >= 4 is 50.0 Å². The second-order valence-corrected chi connectivity index (χ2v) is 8.84. The Hall–Kier alpha value is -2.19. The lowest BCUT2D eigenvalue weighted by molar-refractivity contribution is -0.145. The van der Waals surface area contributed by atoms with Crippen LogP contribution in [-0.2, 0) is 20.7 Å². The summed E-state index contributed by atoms with van der Waals surface area (Å²) < 4.78 is 6.13. The van der Waals surface area contributed by atoms with Gasteiger partial charge in [0.2, 0.25) is 5.91 Å². The third-order valence-corrected chi connectivity index (χ3v) is 5.48. The molecule has 2 rings (SSSR count). The van der Waals surface area contributed by atoms with Gasteiger partial charge in [-0.1, -0.05) is 60.1 Å². The van der Waals surface area contributed by atoms with Crippen molar-refractivity contribution in [2.24, 2.45) is 10.9 Å². The van der Waals surface area contributed by atoms with Crippen LogP contribution in [0.25, 0.3) is 0 Å². The molecule has 2 N–H and O–H groups in total. The van der Waals surface area contributed by atoms with Crippen LogP contribution in [0.1, 0.15) is 25.0 Å². The first kappa shape index (κ1) is 24.1. The van der Waals surface area contributed by atoms with Crippen molar-refractivity contribution in [3.8, 4) is 5.75 Å². The van der Waals surface area contributed by atoms with Crippen LogP contribution in [0, 0.1) is 5.92 Å². The maximum atomic E-state index is 12.9. The first-order valence-corrected chi connectivity index (χ1v) is 10.9. The Kier molecular flexibility index (Phi) is 9.05. The molecule has 0 spiro atoms. The summed E-state index contributed by atoms with van der Waals surface area (Å²) >= 11 is 6.64. The number of amides is 1. The van der Waals surface area contributed by atoms with E-state index in [1.807, 2.05) is 44.2 Å². The Morgan fingerprint density at radius 1 is 1.20 bits per heavy atom. The number of hydrogen-bond donors (Lipinski definition) is 2. The highest BCUT2D eigenvalue weighted by Crippen LogP contribution is 2.30. The second kappa shape index (κ2) is 11.3. The van der Waals surface area contributed by atoms with Crippen LogP contribution in [0.4, 0.5) is 0 Å². The van der Waals surface area contributed by atoms with E-state index in [2.05, 4.69) is 42.2 Å². The lowest BCUT2D eigenvalue weighted by Gasteiger charge is -2.21. The van der Waals surface area contributed by atoms with Crippen molar-refractivity contribution in [3.05, 3.63) is 62.5 Å². The van der Waals surface area contributed by atoms with Gasteiger partial charge in [-0.15, -0.1) is 0 Å². The van der Waals surface area contributed by atoms with Crippen LogP contribution in [-0.4, -0.2) is 42.4 Å². The Labute approximate surface area is 193 Å². The molecule has 0 aliphatic rings. The fourth-order valence-corrected chi connectivity index (χ4v) is 4.09. The largest absolute Gasteiger partial charge is 0.506 e. The van der Waals surface area contributed by atoms with E-state index in [-0.39, 0.29) is 17.6 Å². The fourth-order valence-electron chi connectivity index (χ4n) is 2.83. The molecule has 2 aromatic rings. The molecule has 0 unspecified atom stereocenters. The Balaban J connectivity index is 2.21. The number of esters is 1. The van der Waals surface area contributed by atoms with Gasteiger partial charge in [0.15, 0.2) is 0 Å². The number of halogens is 2. The van der Waals surface area contributed by atoms with E-state index in [1.165, 1.54) is 13.3 Å². The Bertz CT molecular complexity index is 917. The first-order chi connectivity index (χ1) is 14.2. The van der Waals surface area contributed by atoms with E-state index in [9.17, 15) is 14.7 Å². The minimum atomic E-state index is -0.824. The van der Waals surface area contributed by atoms with Crippen LogP contribution in [0.15, 0.2) is 56.4 Å². The molecule has 0 radical (unpaired) electrons. The van der Waals surface area contributed by atoms with Crippen molar-refractivity contribution in [2.45, 2.75) is 32.4 Å². The summed E-state index contributed by atoms with van der Waals surface area (Å²) in [6.45, 7) is 3.73. The summed E-state index contributed by atoms with van der Waals surface area (Å²) in [5, 5.41) is 13.0. The number of phenols is 1. The molecule has 0 heterocycles. The zero-order chi connectivity index (χ0) is 22.3. The highest BCUT2D eigenvalue weighted by Gasteiger charge is 2.27. The number of nitrogens with zero attached hydrogens (tertiary/aromatic N) is 1. The van der Waals surface area contributed by atoms with Gasteiger partial charge in [-0.2, -0.15) is 0 Å². The molecule has 0 saturated carbocycles. The number of aromatic hydroxyl groups is 1. The van der Waals surface area contributed by atoms with Crippen molar-refractivity contribution in [3.63, 3.8) is 0 Å². The normalized spacial score (nSPS) is 13.3. The highest BCUT2D eigenvalue weighted by atomic mass is 79.9. The van der Waals surface area contributed by atoms with Crippen LogP contribution in [0.3, 0.4) is 0 Å². The SMILES string of the molecule is COC(=O)[C@H](Cc1ccccc1)NC(=O)[C@@H](N=Cc1cc(Br)cc(Br)c1O)C(C)C. The van der Waals surface area contributed by atoms with Crippen LogP contribution in [0.5, 0.6) is 5.75 Å². The molecule has 2 aromatic carbocycles. The number of aliphatic imine (C=N–C) groups is 1. The molecule has 0 bridgehead atoms. The van der Waals surface area contributed by atoms with E-state index in [0.29, 0.717) is 16.5 Å². The van der Waals surface area contributed by atoms with E-state index in [1.54, 1.807) is 12.1 Å². The molecule has 0 aliphatic heterocycles. The molecule has 6 nitrogen and oxygen atoms in total. The van der Waals surface area contributed by atoms with Crippen LogP contribution < -0.4 is 5.32 Å². The highest BCUT2D eigenvalue weighted by molar-refractivity contribution is 9.11. The van der Waals surface area contributed by atoms with Gasteiger partial charge >= 0.3 is 5.97 Å². The van der Waals surface area contributed by atoms with Gasteiger partial charge in [0.1, 0.15) is 17.8 Å². The van der Waals surface area contributed by atoms with Gasteiger partial charge in [-0.3, -0.25) is 9.79 Å². The van der Waals surface area contributed by atoms with Crippen molar-refractivity contribution in [1.29, 1.82) is 0 Å². The molecule has 0 aliphatic carbocycles. The Morgan fingerprint density at radius 2 is 1.87 bits per heavy atom. The van der Waals surface area contributed by atoms with Crippen molar-refractivity contribution in [2.75, 3.05) is 7.11 Å². The smallest absolute Gasteiger partial charge is 0.328 e. The predicted octanol–water partition coefficient (Wildman–Crippen LogP) is 4.26. The van der Waals surface area contributed by atoms with Gasteiger partial charge in [0.25, 0.3) is 0 Å². The van der Waals surface area contributed by atoms with E-state index in [4.69, 9.17) is 4.74 Å². The third-order valence-electron chi connectivity index (χ3n) is 4.42. The molecule has 160 valence electrons. The summed E-state index contributed by atoms with van der Waals surface area (Å²) in [5.41, 5.74) is 1.37. The number of hydrogen-bond acceptors (Lipinski definition) is 5. The maximum absolute atomic E-state index is 12.9. The number of carbonyl (C=O) groups is 2. The summed E-state index contributed by atoms with van der Waals surface area (Å²) in [5.74, 6) is -1.01. The summed E-state index contributed by atoms with van der Waals surface area (Å²) in [6.07, 6.45) is 1.77. The molecule has 0 aromatic heterocycles. The van der Waals surface area contributed by atoms with Crippen molar-refractivity contribution < 1.29 is 19.4 Å². The van der Waals surface area contributed by atoms with Crippen LogP contribution in [0.2, 0.25) is 0 Å². The Morgan fingerprint density at radius 3 is 2.47 bits per heavy atom. The molecular formula is C22H24Br2N2O4. The zero-order valence-corrected chi connectivity index (χ0v) is 20.1. The minimum absolute atomic E-state index is 0.0291. The predicted molar refractivity (Wildman–Crippen MR) is 124 cm³/mol. The van der Waals surface area contributed by atoms with Gasteiger partial charge in [-0.05, 0) is 39.5 Å². The molecule has 30 heavy (non-hydrogen) atoms. The van der Waals surface area contributed by atoms with Crippen molar-refractivity contribution in [1.82, 2.24) is 5.32 Å². The van der Waals surface area contributed by atoms with E-state index >= 15 is 0 Å². The molecule has 0 saturated heterocycles. The zero-order valence-electron chi connectivity index (χ0n) is 16.9. The monoisotopic (exact) mass is 538 g/mol. The summed E-state index contributed by atoms with van der Waals surface area (Å²) in [6, 6.07) is 11.2. The number of nitrogens with one attached hydrogen (secondary N) is 1. The van der Waals surface area contributed by atoms with Gasteiger partial charge in [0, 0.05) is 22.7 Å². The average molecular weight is 540 g/mol. The lowest BCUT2D eigenvalue weighted by atomic mass is 10.0. The number of phenolic OH excluding ortho intramolecular Hbond substituents is 1. The van der Waals surface area contributed by atoms with Gasteiger partial charge in [0.05, 0.1) is 11.6 Å². The fraction of sp³-hybridized carbons (Fsp3) is 0.318. The standard InChI is InChI=1S/C22H24Br2N2O4/c1-13(2)19(25-12-15-10-16(23)11-17(24)20(15)27)21(28)26-18(22(29)30-3)9-14-7-5-4-6-8-14/h4-8,10-13,18-19,27H,9H2,1-3H3,(H,26,28)/t18-,19-/m0/s1. The molecule has 1 amide bonds. The molecule has 8 heteroatoms. The summed E-state index contributed by atoms with van der Waals surface area (Å²) in [4.78, 5) is 29.5.